The minimum atomic E-state index is -0.680. The van der Waals surface area contributed by atoms with Crippen LogP contribution in [0.4, 0.5) is 0 Å². The van der Waals surface area contributed by atoms with Crippen molar-refractivity contribution in [3.63, 3.8) is 0 Å². The van der Waals surface area contributed by atoms with Crippen LogP contribution in [0.1, 0.15) is 39.0 Å². The number of ether oxygens (including phenoxy) is 1. The molecule has 2 rings (SSSR count). The lowest BCUT2D eigenvalue weighted by Crippen LogP contribution is -2.55. The molecule has 21 heavy (non-hydrogen) atoms. The molecule has 3 unspecified atom stereocenters. The number of methoxy groups -OCH3 is 1. The number of likely N-dealkylation sites (N-methyl/N-ethyl adjacent to an activating group) is 1. The standard InChI is InChI=1S/C16H30N2O3/c1-3-17-16(15(19)20)8-4-5-14(16)7-10-18-9-6-13(11-18)12-21-2/h13-14,17H,3-12H2,1-2H3,(H,19,20). The zero-order valence-corrected chi connectivity index (χ0v) is 13.4. The highest BCUT2D eigenvalue weighted by Gasteiger charge is 2.48. The second kappa shape index (κ2) is 7.56. The molecule has 1 heterocycles. The third-order valence-electron chi connectivity index (χ3n) is 5.26. The van der Waals surface area contributed by atoms with E-state index in [0.717, 1.165) is 58.5 Å². The van der Waals surface area contributed by atoms with Crippen molar-refractivity contribution in [3.8, 4) is 0 Å². The molecule has 122 valence electrons. The first-order chi connectivity index (χ1) is 10.1. The molecular formula is C16H30N2O3. The van der Waals surface area contributed by atoms with Crippen LogP contribution in [0.25, 0.3) is 0 Å². The second-order valence-electron chi connectivity index (χ2n) is 6.60. The van der Waals surface area contributed by atoms with E-state index in [4.69, 9.17) is 4.74 Å². The first kappa shape index (κ1) is 16.7. The van der Waals surface area contributed by atoms with Crippen LogP contribution in [0.5, 0.6) is 0 Å². The zero-order valence-electron chi connectivity index (χ0n) is 13.4. The van der Waals surface area contributed by atoms with Crippen LogP contribution in [0, 0.1) is 11.8 Å². The van der Waals surface area contributed by atoms with E-state index in [9.17, 15) is 9.90 Å². The van der Waals surface area contributed by atoms with E-state index in [1.54, 1.807) is 7.11 Å². The quantitative estimate of drug-likeness (QED) is 0.712. The summed E-state index contributed by atoms with van der Waals surface area (Å²) in [6, 6.07) is 0. The van der Waals surface area contributed by atoms with Crippen LogP contribution in [0.3, 0.4) is 0 Å². The molecule has 0 aromatic carbocycles. The minimum Gasteiger partial charge on any atom is -0.480 e. The molecule has 0 aromatic rings. The Hall–Kier alpha value is -0.650. The first-order valence-corrected chi connectivity index (χ1v) is 8.32. The normalized spacial score (nSPS) is 33.6. The van der Waals surface area contributed by atoms with E-state index in [2.05, 4.69) is 10.2 Å². The van der Waals surface area contributed by atoms with Crippen LogP contribution < -0.4 is 5.32 Å². The van der Waals surface area contributed by atoms with Crippen molar-refractivity contribution in [2.75, 3.05) is 39.9 Å². The topological polar surface area (TPSA) is 61.8 Å². The van der Waals surface area contributed by atoms with Gasteiger partial charge in [-0.05, 0) is 57.2 Å². The highest BCUT2D eigenvalue weighted by atomic mass is 16.5. The summed E-state index contributed by atoms with van der Waals surface area (Å²) in [5.41, 5.74) is -0.680. The molecule has 0 bridgehead atoms. The maximum Gasteiger partial charge on any atom is 0.324 e. The largest absolute Gasteiger partial charge is 0.480 e. The van der Waals surface area contributed by atoms with Crippen molar-refractivity contribution in [2.45, 2.75) is 44.6 Å². The highest BCUT2D eigenvalue weighted by Crippen LogP contribution is 2.38. The molecule has 0 spiro atoms. The summed E-state index contributed by atoms with van der Waals surface area (Å²) in [6.45, 7) is 6.81. The van der Waals surface area contributed by atoms with Crippen LogP contribution in [0.15, 0.2) is 0 Å². The summed E-state index contributed by atoms with van der Waals surface area (Å²) in [5, 5.41) is 13.0. The smallest absolute Gasteiger partial charge is 0.324 e. The van der Waals surface area contributed by atoms with Gasteiger partial charge in [-0.25, -0.2) is 0 Å². The highest BCUT2D eigenvalue weighted by molar-refractivity contribution is 5.79. The van der Waals surface area contributed by atoms with Crippen molar-refractivity contribution >= 4 is 5.97 Å². The Morgan fingerprint density at radius 1 is 1.48 bits per heavy atom. The predicted molar refractivity (Wildman–Crippen MR) is 82.4 cm³/mol. The molecular weight excluding hydrogens is 268 g/mol. The molecule has 2 N–H and O–H groups in total. The summed E-state index contributed by atoms with van der Waals surface area (Å²) in [7, 11) is 1.76. The molecule has 1 saturated carbocycles. The van der Waals surface area contributed by atoms with E-state index in [0.29, 0.717) is 5.92 Å². The monoisotopic (exact) mass is 298 g/mol. The van der Waals surface area contributed by atoms with E-state index in [1.807, 2.05) is 6.92 Å². The molecule has 5 nitrogen and oxygen atoms in total. The van der Waals surface area contributed by atoms with E-state index >= 15 is 0 Å². The molecule has 1 aliphatic heterocycles. The van der Waals surface area contributed by atoms with Crippen LogP contribution in [-0.4, -0.2) is 61.4 Å². The fraction of sp³-hybridized carbons (Fsp3) is 0.938. The van der Waals surface area contributed by atoms with Crippen molar-refractivity contribution in [1.29, 1.82) is 0 Å². The average molecular weight is 298 g/mol. The number of likely N-dealkylation sites (tertiary alicyclic amines) is 1. The predicted octanol–water partition coefficient (Wildman–Crippen LogP) is 1.58. The minimum absolute atomic E-state index is 0.261. The second-order valence-corrected chi connectivity index (χ2v) is 6.60. The maximum atomic E-state index is 11.8. The third kappa shape index (κ3) is 3.76. The van der Waals surface area contributed by atoms with Crippen LogP contribution in [0.2, 0.25) is 0 Å². The SMILES string of the molecule is CCNC1(C(=O)O)CCCC1CCN1CCC(COC)C1. The third-order valence-corrected chi connectivity index (χ3v) is 5.26. The lowest BCUT2D eigenvalue weighted by molar-refractivity contribution is -0.146. The fourth-order valence-electron chi connectivity index (χ4n) is 4.20. The lowest BCUT2D eigenvalue weighted by atomic mass is 9.84. The van der Waals surface area contributed by atoms with Gasteiger partial charge in [0.1, 0.15) is 5.54 Å². The Labute approximate surface area is 128 Å². The summed E-state index contributed by atoms with van der Waals surface area (Å²) in [4.78, 5) is 14.2. The fourth-order valence-corrected chi connectivity index (χ4v) is 4.20. The van der Waals surface area contributed by atoms with Gasteiger partial charge in [-0.2, -0.15) is 0 Å². The van der Waals surface area contributed by atoms with Crippen molar-refractivity contribution in [1.82, 2.24) is 10.2 Å². The van der Waals surface area contributed by atoms with Gasteiger partial charge >= 0.3 is 5.97 Å². The number of nitrogens with one attached hydrogen (secondary N) is 1. The van der Waals surface area contributed by atoms with Gasteiger partial charge in [-0.3, -0.25) is 4.79 Å². The molecule has 0 aromatic heterocycles. The average Bonchev–Trinajstić information content (AvgIpc) is 3.05. The lowest BCUT2D eigenvalue weighted by Gasteiger charge is -2.33. The van der Waals surface area contributed by atoms with Gasteiger partial charge in [-0.15, -0.1) is 0 Å². The number of carboxylic acid groups (broad SMARTS) is 1. The molecule has 2 aliphatic rings. The van der Waals surface area contributed by atoms with E-state index in [1.165, 1.54) is 6.42 Å². The van der Waals surface area contributed by atoms with Crippen molar-refractivity contribution < 1.29 is 14.6 Å². The van der Waals surface area contributed by atoms with Gasteiger partial charge in [0.15, 0.2) is 0 Å². The van der Waals surface area contributed by atoms with Gasteiger partial charge in [-0.1, -0.05) is 13.3 Å². The molecule has 0 radical (unpaired) electrons. The Balaban J connectivity index is 1.85. The van der Waals surface area contributed by atoms with Crippen LogP contribution in [-0.2, 0) is 9.53 Å². The number of carboxylic acids is 1. The number of nitrogens with zero attached hydrogens (tertiary/aromatic N) is 1. The van der Waals surface area contributed by atoms with Gasteiger partial charge in [0, 0.05) is 13.7 Å². The summed E-state index contributed by atoms with van der Waals surface area (Å²) in [6.07, 6.45) is 5.02. The summed E-state index contributed by atoms with van der Waals surface area (Å²) < 4.78 is 5.23. The molecule has 1 aliphatic carbocycles. The van der Waals surface area contributed by atoms with Crippen molar-refractivity contribution in [2.24, 2.45) is 11.8 Å². The first-order valence-electron chi connectivity index (χ1n) is 8.32. The van der Waals surface area contributed by atoms with Crippen molar-refractivity contribution in [3.05, 3.63) is 0 Å². The van der Waals surface area contributed by atoms with Gasteiger partial charge in [0.2, 0.25) is 0 Å². The molecule has 5 heteroatoms. The van der Waals surface area contributed by atoms with E-state index in [-0.39, 0.29) is 5.92 Å². The number of hydrogen-bond acceptors (Lipinski definition) is 4. The molecule has 0 amide bonds. The molecule has 2 fully saturated rings. The Morgan fingerprint density at radius 2 is 2.29 bits per heavy atom. The van der Waals surface area contributed by atoms with Crippen LogP contribution >= 0.6 is 0 Å². The molecule has 3 atom stereocenters. The van der Waals surface area contributed by atoms with E-state index < -0.39 is 11.5 Å². The van der Waals surface area contributed by atoms with Gasteiger partial charge in [0.25, 0.3) is 0 Å². The number of hydrogen-bond donors (Lipinski definition) is 2. The Morgan fingerprint density at radius 3 is 2.95 bits per heavy atom. The zero-order chi connectivity index (χ0) is 15.3. The number of rotatable bonds is 8. The number of carbonyl (C=O) groups is 1. The number of aliphatic carboxylic acids is 1. The Kier molecular flexibility index (Phi) is 6.02. The summed E-state index contributed by atoms with van der Waals surface area (Å²) in [5.74, 6) is 0.249. The maximum absolute atomic E-state index is 11.8. The molecule has 1 saturated heterocycles. The van der Waals surface area contributed by atoms with Gasteiger partial charge < -0.3 is 20.1 Å². The van der Waals surface area contributed by atoms with Gasteiger partial charge in [0.05, 0.1) is 6.61 Å². The Bertz CT molecular complexity index is 350. The summed E-state index contributed by atoms with van der Waals surface area (Å²) >= 11 is 0.